The molecule has 0 saturated carbocycles. The third-order valence-electron chi connectivity index (χ3n) is 2.79. The minimum Gasteiger partial charge on any atom is -0.344 e. The molecule has 0 aromatic rings. The van der Waals surface area contributed by atoms with Crippen LogP contribution in [-0.4, -0.2) is 60.5 Å². The lowest BCUT2D eigenvalue weighted by Crippen LogP contribution is -2.38. The van der Waals surface area contributed by atoms with Crippen molar-refractivity contribution in [2.45, 2.75) is 11.7 Å². The van der Waals surface area contributed by atoms with Crippen molar-refractivity contribution in [1.82, 2.24) is 9.80 Å². The van der Waals surface area contributed by atoms with E-state index in [1.165, 1.54) is 25.5 Å². The highest BCUT2D eigenvalue weighted by Crippen LogP contribution is 2.21. The second-order valence-corrected chi connectivity index (χ2v) is 4.83. The van der Waals surface area contributed by atoms with E-state index in [1.54, 1.807) is 0 Å². The molecule has 0 N–H and O–H groups in total. The third-order valence-corrected chi connectivity index (χ3v) is 3.84. The summed E-state index contributed by atoms with van der Waals surface area (Å²) in [7, 11) is 2.14. The lowest BCUT2D eigenvalue weighted by molar-refractivity contribution is 0.424. The van der Waals surface area contributed by atoms with Gasteiger partial charge in [-0.2, -0.15) is 11.8 Å². The molecule has 0 aliphatic carbocycles. The molecule has 1 unspecified atom stereocenters. The molecule has 2 aliphatic heterocycles. The maximum atomic E-state index is 4.53. The second-order valence-electron chi connectivity index (χ2n) is 3.70. The molecule has 0 amide bonds. The SMILES string of the molecule is CSC1CCN(C2=NCCN2C)C1. The summed E-state index contributed by atoms with van der Waals surface area (Å²) in [6.45, 7) is 4.45. The van der Waals surface area contributed by atoms with Gasteiger partial charge in [0.2, 0.25) is 0 Å². The summed E-state index contributed by atoms with van der Waals surface area (Å²) in [6, 6.07) is 0. The fourth-order valence-electron chi connectivity index (χ4n) is 1.96. The normalized spacial score (nSPS) is 28.5. The predicted octanol–water partition coefficient (Wildman–Crippen LogP) is 0.725. The lowest BCUT2D eigenvalue weighted by atomic mass is 10.4. The molecule has 4 heteroatoms. The molecule has 0 radical (unpaired) electrons. The van der Waals surface area contributed by atoms with E-state index in [0.29, 0.717) is 0 Å². The van der Waals surface area contributed by atoms with Crippen molar-refractivity contribution in [2.75, 3.05) is 39.5 Å². The van der Waals surface area contributed by atoms with Gasteiger partial charge in [-0.15, -0.1) is 0 Å². The first-order chi connectivity index (χ1) is 6.31. The lowest BCUT2D eigenvalue weighted by Gasteiger charge is -2.24. The first-order valence-electron chi connectivity index (χ1n) is 4.84. The standard InChI is InChI=1S/C9H17N3S/c1-11-6-4-10-9(11)12-5-3-8(7-12)13-2/h8H,3-7H2,1-2H3. The van der Waals surface area contributed by atoms with E-state index in [-0.39, 0.29) is 0 Å². The van der Waals surface area contributed by atoms with E-state index in [0.717, 1.165) is 18.3 Å². The molecule has 0 aromatic carbocycles. The van der Waals surface area contributed by atoms with Crippen molar-refractivity contribution in [2.24, 2.45) is 4.99 Å². The first-order valence-corrected chi connectivity index (χ1v) is 6.13. The molecule has 1 saturated heterocycles. The van der Waals surface area contributed by atoms with Gasteiger partial charge in [-0.1, -0.05) is 0 Å². The highest BCUT2D eigenvalue weighted by Gasteiger charge is 2.27. The zero-order valence-corrected chi connectivity index (χ0v) is 9.18. The van der Waals surface area contributed by atoms with Crippen LogP contribution in [-0.2, 0) is 0 Å². The molecule has 1 fully saturated rings. The smallest absolute Gasteiger partial charge is 0.196 e. The Balaban J connectivity index is 1.95. The summed E-state index contributed by atoms with van der Waals surface area (Å²) >= 11 is 1.98. The van der Waals surface area contributed by atoms with Crippen LogP contribution in [0.5, 0.6) is 0 Å². The fourth-order valence-corrected chi connectivity index (χ4v) is 2.63. The van der Waals surface area contributed by atoms with Gasteiger partial charge in [0.1, 0.15) is 0 Å². The maximum absolute atomic E-state index is 4.53. The molecule has 2 aliphatic rings. The molecule has 0 spiro atoms. The van der Waals surface area contributed by atoms with Gasteiger partial charge in [-0.25, -0.2) is 0 Å². The number of rotatable bonds is 1. The number of hydrogen-bond acceptors (Lipinski definition) is 4. The van der Waals surface area contributed by atoms with Gasteiger partial charge in [-0.05, 0) is 12.7 Å². The monoisotopic (exact) mass is 199 g/mol. The molecule has 0 aromatic heterocycles. The molecular weight excluding hydrogens is 182 g/mol. The van der Waals surface area contributed by atoms with Crippen molar-refractivity contribution in [3.63, 3.8) is 0 Å². The second kappa shape index (κ2) is 3.78. The average molecular weight is 199 g/mol. The van der Waals surface area contributed by atoms with Crippen LogP contribution in [0.2, 0.25) is 0 Å². The average Bonchev–Trinajstić information content (AvgIpc) is 2.71. The van der Waals surface area contributed by atoms with E-state index in [9.17, 15) is 0 Å². The van der Waals surface area contributed by atoms with Gasteiger partial charge >= 0.3 is 0 Å². The molecule has 1 atom stereocenters. The van der Waals surface area contributed by atoms with E-state index in [2.05, 4.69) is 28.1 Å². The van der Waals surface area contributed by atoms with E-state index < -0.39 is 0 Å². The van der Waals surface area contributed by atoms with Crippen LogP contribution in [0.3, 0.4) is 0 Å². The van der Waals surface area contributed by atoms with Gasteiger partial charge in [-0.3, -0.25) is 4.99 Å². The predicted molar refractivity (Wildman–Crippen MR) is 58.4 cm³/mol. The van der Waals surface area contributed by atoms with Gasteiger partial charge in [0.25, 0.3) is 0 Å². The maximum Gasteiger partial charge on any atom is 0.196 e. The summed E-state index contributed by atoms with van der Waals surface area (Å²) in [4.78, 5) is 9.22. The summed E-state index contributed by atoms with van der Waals surface area (Å²) in [6.07, 6.45) is 3.52. The Morgan fingerprint density at radius 1 is 1.46 bits per heavy atom. The van der Waals surface area contributed by atoms with Gasteiger partial charge in [0, 0.05) is 31.9 Å². The highest BCUT2D eigenvalue weighted by molar-refractivity contribution is 7.99. The number of aliphatic imine (C=N–C) groups is 1. The Bertz CT molecular complexity index is 217. The number of nitrogens with zero attached hydrogens (tertiary/aromatic N) is 3. The molecule has 3 nitrogen and oxygen atoms in total. The summed E-state index contributed by atoms with van der Waals surface area (Å²) in [5.41, 5.74) is 0. The molecule has 13 heavy (non-hydrogen) atoms. The zero-order chi connectivity index (χ0) is 9.26. The van der Waals surface area contributed by atoms with Gasteiger partial charge in [0.15, 0.2) is 5.96 Å². The van der Waals surface area contributed by atoms with Crippen molar-refractivity contribution in [1.29, 1.82) is 0 Å². The number of likely N-dealkylation sites (N-methyl/N-ethyl adjacent to an activating group) is 1. The van der Waals surface area contributed by atoms with Gasteiger partial charge < -0.3 is 9.80 Å². The van der Waals surface area contributed by atoms with Crippen molar-refractivity contribution in [3.05, 3.63) is 0 Å². The quantitative estimate of drug-likeness (QED) is 0.620. The largest absolute Gasteiger partial charge is 0.344 e. The zero-order valence-electron chi connectivity index (χ0n) is 8.36. The number of likely N-dealkylation sites (tertiary alicyclic amines) is 1. The van der Waals surface area contributed by atoms with Crippen LogP contribution in [0.15, 0.2) is 4.99 Å². The molecule has 2 heterocycles. The van der Waals surface area contributed by atoms with Crippen LogP contribution in [0.1, 0.15) is 6.42 Å². The Morgan fingerprint density at radius 3 is 2.85 bits per heavy atom. The van der Waals surface area contributed by atoms with Crippen LogP contribution in [0.4, 0.5) is 0 Å². The molecule has 0 bridgehead atoms. The van der Waals surface area contributed by atoms with Crippen LogP contribution >= 0.6 is 11.8 Å². The van der Waals surface area contributed by atoms with Crippen molar-refractivity contribution < 1.29 is 0 Å². The summed E-state index contributed by atoms with van der Waals surface area (Å²) < 4.78 is 0. The summed E-state index contributed by atoms with van der Waals surface area (Å²) in [5, 5.41) is 0.816. The Kier molecular flexibility index (Phi) is 2.67. The fraction of sp³-hybridized carbons (Fsp3) is 0.889. The first kappa shape index (κ1) is 9.19. The molecule has 2 rings (SSSR count). The minimum absolute atomic E-state index is 0.816. The van der Waals surface area contributed by atoms with E-state index >= 15 is 0 Å². The summed E-state index contributed by atoms with van der Waals surface area (Å²) in [5.74, 6) is 1.22. The van der Waals surface area contributed by atoms with Crippen LogP contribution in [0, 0.1) is 0 Å². The minimum atomic E-state index is 0.816. The molecular formula is C9H17N3S. The Morgan fingerprint density at radius 2 is 2.31 bits per heavy atom. The Hall–Kier alpha value is -0.380. The van der Waals surface area contributed by atoms with Crippen molar-refractivity contribution >= 4 is 17.7 Å². The highest BCUT2D eigenvalue weighted by atomic mass is 32.2. The van der Waals surface area contributed by atoms with E-state index in [1.807, 2.05) is 11.8 Å². The van der Waals surface area contributed by atoms with Gasteiger partial charge in [0.05, 0.1) is 6.54 Å². The number of thioether (sulfide) groups is 1. The Labute approximate surface area is 84.2 Å². The third kappa shape index (κ3) is 1.77. The van der Waals surface area contributed by atoms with Crippen LogP contribution in [0.25, 0.3) is 0 Å². The van der Waals surface area contributed by atoms with E-state index in [4.69, 9.17) is 0 Å². The van der Waals surface area contributed by atoms with Crippen LogP contribution < -0.4 is 0 Å². The van der Waals surface area contributed by atoms with Crippen molar-refractivity contribution in [3.8, 4) is 0 Å². The topological polar surface area (TPSA) is 18.8 Å². The molecule has 74 valence electrons. The number of hydrogen-bond donors (Lipinski definition) is 0. The number of guanidine groups is 1.